The van der Waals surface area contributed by atoms with Gasteiger partial charge in [-0.15, -0.1) is 0 Å². The van der Waals surface area contributed by atoms with Crippen molar-refractivity contribution >= 4 is 5.69 Å². The number of benzene rings is 1. The van der Waals surface area contributed by atoms with Crippen molar-refractivity contribution in [1.29, 1.82) is 0 Å². The molecule has 2 rings (SSSR count). The van der Waals surface area contributed by atoms with Crippen molar-refractivity contribution in [2.45, 2.75) is 13.0 Å². The molecule has 2 N–H and O–H groups in total. The zero-order valence-corrected chi connectivity index (χ0v) is 9.48. The molecule has 90 valence electrons. The molecule has 3 nitrogen and oxygen atoms in total. The molecule has 0 saturated carbocycles. The van der Waals surface area contributed by atoms with Crippen LogP contribution >= 0.6 is 0 Å². The number of furan rings is 1. The molecule has 0 saturated heterocycles. The van der Waals surface area contributed by atoms with Gasteiger partial charge in [0.25, 0.3) is 0 Å². The second-order valence-electron chi connectivity index (χ2n) is 3.90. The van der Waals surface area contributed by atoms with E-state index in [0.29, 0.717) is 11.4 Å². The van der Waals surface area contributed by atoms with Gasteiger partial charge in [0.05, 0.1) is 12.0 Å². The van der Waals surface area contributed by atoms with E-state index >= 15 is 0 Å². The van der Waals surface area contributed by atoms with Gasteiger partial charge in [-0.3, -0.25) is 0 Å². The third-order valence-corrected chi connectivity index (χ3v) is 2.48. The van der Waals surface area contributed by atoms with Gasteiger partial charge in [-0.2, -0.15) is 0 Å². The van der Waals surface area contributed by atoms with Gasteiger partial charge in [-0.25, -0.2) is 4.39 Å². The topological polar surface area (TPSA) is 45.4 Å². The summed E-state index contributed by atoms with van der Waals surface area (Å²) >= 11 is 0. The molecule has 4 heteroatoms. The number of nitrogens with one attached hydrogen (secondary N) is 1. The monoisotopic (exact) mass is 235 g/mol. The summed E-state index contributed by atoms with van der Waals surface area (Å²) in [6, 6.07) is 8.29. The van der Waals surface area contributed by atoms with E-state index in [4.69, 9.17) is 4.42 Å². The summed E-state index contributed by atoms with van der Waals surface area (Å²) < 4.78 is 18.5. The first-order chi connectivity index (χ1) is 8.16. The maximum Gasteiger partial charge on any atom is 0.146 e. The van der Waals surface area contributed by atoms with Crippen molar-refractivity contribution in [3.05, 3.63) is 53.7 Å². The van der Waals surface area contributed by atoms with Crippen LogP contribution in [-0.4, -0.2) is 11.7 Å². The molecule has 0 radical (unpaired) electrons. The van der Waals surface area contributed by atoms with E-state index in [1.54, 1.807) is 18.2 Å². The van der Waals surface area contributed by atoms with Crippen molar-refractivity contribution in [1.82, 2.24) is 0 Å². The quantitative estimate of drug-likeness (QED) is 0.856. The molecule has 1 unspecified atom stereocenters. The Morgan fingerprint density at radius 3 is 2.88 bits per heavy atom. The fourth-order valence-corrected chi connectivity index (χ4v) is 1.55. The van der Waals surface area contributed by atoms with Crippen molar-refractivity contribution in [2.75, 3.05) is 11.9 Å². The zero-order valence-electron chi connectivity index (χ0n) is 9.48. The average Bonchev–Trinajstić information content (AvgIpc) is 2.81. The van der Waals surface area contributed by atoms with Crippen molar-refractivity contribution in [3.63, 3.8) is 0 Å². The summed E-state index contributed by atoms with van der Waals surface area (Å²) in [4.78, 5) is 0. The molecule has 1 aromatic heterocycles. The third-order valence-electron chi connectivity index (χ3n) is 2.48. The molecule has 0 fully saturated rings. The maximum absolute atomic E-state index is 13.5. The smallest absolute Gasteiger partial charge is 0.146 e. The number of halogens is 1. The highest BCUT2D eigenvalue weighted by molar-refractivity contribution is 5.46. The van der Waals surface area contributed by atoms with Crippen LogP contribution in [0.2, 0.25) is 0 Å². The highest BCUT2D eigenvalue weighted by atomic mass is 19.1. The molecule has 2 aromatic rings. The SMILES string of the molecule is Cc1ccc(NCC(O)c2ccco2)c(F)c1. The predicted molar refractivity (Wildman–Crippen MR) is 63.3 cm³/mol. The van der Waals surface area contributed by atoms with Crippen molar-refractivity contribution < 1.29 is 13.9 Å². The Labute approximate surface area is 98.9 Å². The molecular weight excluding hydrogens is 221 g/mol. The molecule has 1 atom stereocenters. The number of aliphatic hydroxyl groups is 1. The van der Waals surface area contributed by atoms with Crippen molar-refractivity contribution in [2.24, 2.45) is 0 Å². The second kappa shape index (κ2) is 5.01. The molecule has 0 aliphatic rings. The lowest BCUT2D eigenvalue weighted by molar-refractivity contribution is 0.162. The fraction of sp³-hybridized carbons (Fsp3) is 0.231. The lowest BCUT2D eigenvalue weighted by Gasteiger charge is -2.11. The molecular formula is C13H14FNO2. The molecule has 17 heavy (non-hydrogen) atoms. The normalized spacial score (nSPS) is 12.4. The van der Waals surface area contributed by atoms with Gasteiger partial charge in [0.2, 0.25) is 0 Å². The molecule has 1 heterocycles. The van der Waals surface area contributed by atoms with E-state index in [9.17, 15) is 9.50 Å². The summed E-state index contributed by atoms with van der Waals surface area (Å²) in [7, 11) is 0. The van der Waals surface area contributed by atoms with Gasteiger partial charge in [-0.05, 0) is 36.8 Å². The average molecular weight is 235 g/mol. The molecule has 0 amide bonds. The highest BCUT2D eigenvalue weighted by Crippen LogP contribution is 2.18. The largest absolute Gasteiger partial charge is 0.467 e. The Morgan fingerprint density at radius 2 is 2.24 bits per heavy atom. The Balaban J connectivity index is 1.98. The van der Waals surface area contributed by atoms with Crippen LogP contribution in [0, 0.1) is 12.7 Å². The second-order valence-corrected chi connectivity index (χ2v) is 3.90. The van der Waals surface area contributed by atoms with Gasteiger partial charge in [0.1, 0.15) is 17.7 Å². The van der Waals surface area contributed by atoms with E-state index in [1.807, 2.05) is 13.0 Å². The molecule has 0 aliphatic heterocycles. The van der Waals surface area contributed by atoms with E-state index < -0.39 is 6.10 Å². The summed E-state index contributed by atoms with van der Waals surface area (Å²) in [5.74, 6) is 0.140. The predicted octanol–water partition coefficient (Wildman–Crippen LogP) is 2.87. The minimum absolute atomic E-state index is 0.202. The van der Waals surface area contributed by atoms with Crippen LogP contribution in [0.5, 0.6) is 0 Å². The Morgan fingerprint density at radius 1 is 1.41 bits per heavy atom. The van der Waals surface area contributed by atoms with Gasteiger partial charge >= 0.3 is 0 Å². The van der Waals surface area contributed by atoms with E-state index in [2.05, 4.69) is 5.32 Å². The van der Waals surface area contributed by atoms with Crippen LogP contribution in [0.25, 0.3) is 0 Å². The van der Waals surface area contributed by atoms with Gasteiger partial charge in [0.15, 0.2) is 0 Å². The van der Waals surface area contributed by atoms with Crippen LogP contribution in [0.3, 0.4) is 0 Å². The highest BCUT2D eigenvalue weighted by Gasteiger charge is 2.10. The Bertz CT molecular complexity index is 482. The number of hydrogen-bond donors (Lipinski definition) is 2. The summed E-state index contributed by atoms with van der Waals surface area (Å²) in [6.45, 7) is 2.03. The molecule has 1 aromatic carbocycles. The third kappa shape index (κ3) is 2.85. The van der Waals surface area contributed by atoms with Gasteiger partial charge in [0, 0.05) is 6.54 Å². The first kappa shape index (κ1) is 11.7. The first-order valence-corrected chi connectivity index (χ1v) is 5.38. The molecule has 0 spiro atoms. The van der Waals surface area contributed by atoms with Crippen LogP contribution in [0.1, 0.15) is 17.4 Å². The summed E-state index contributed by atoms with van der Waals surface area (Å²) in [6.07, 6.45) is 0.705. The van der Waals surface area contributed by atoms with E-state index in [1.165, 1.54) is 12.3 Å². The maximum atomic E-state index is 13.5. The lowest BCUT2D eigenvalue weighted by Crippen LogP contribution is -2.12. The minimum Gasteiger partial charge on any atom is -0.467 e. The number of rotatable bonds is 4. The van der Waals surface area contributed by atoms with Gasteiger partial charge < -0.3 is 14.8 Å². The van der Waals surface area contributed by atoms with Gasteiger partial charge in [-0.1, -0.05) is 6.07 Å². The number of hydrogen-bond acceptors (Lipinski definition) is 3. The molecule has 0 aliphatic carbocycles. The van der Waals surface area contributed by atoms with E-state index in [-0.39, 0.29) is 12.4 Å². The number of aliphatic hydroxyl groups excluding tert-OH is 1. The van der Waals surface area contributed by atoms with Crippen LogP contribution < -0.4 is 5.32 Å². The fourth-order valence-electron chi connectivity index (χ4n) is 1.55. The van der Waals surface area contributed by atoms with Crippen molar-refractivity contribution in [3.8, 4) is 0 Å². The minimum atomic E-state index is -0.786. The number of anilines is 1. The zero-order chi connectivity index (χ0) is 12.3. The first-order valence-electron chi connectivity index (χ1n) is 5.38. The molecule has 0 bridgehead atoms. The standard InChI is InChI=1S/C13H14FNO2/c1-9-4-5-11(10(14)7-9)15-8-12(16)13-3-2-6-17-13/h2-7,12,15-16H,8H2,1H3. The van der Waals surface area contributed by atoms with Crippen LogP contribution in [0.15, 0.2) is 41.0 Å². The summed E-state index contributed by atoms with van der Waals surface area (Å²) in [5, 5.41) is 12.6. The number of aryl methyl sites for hydroxylation is 1. The summed E-state index contributed by atoms with van der Waals surface area (Å²) in [5.41, 5.74) is 1.24. The Hall–Kier alpha value is -1.81. The Kier molecular flexibility index (Phi) is 3.44. The lowest BCUT2D eigenvalue weighted by atomic mass is 10.2. The van der Waals surface area contributed by atoms with Crippen LogP contribution in [0.4, 0.5) is 10.1 Å². The van der Waals surface area contributed by atoms with Crippen LogP contribution in [-0.2, 0) is 0 Å². The van der Waals surface area contributed by atoms with E-state index in [0.717, 1.165) is 5.56 Å².